The van der Waals surface area contributed by atoms with E-state index in [9.17, 15) is 22.8 Å². The fourth-order valence-corrected chi connectivity index (χ4v) is 3.58. The van der Waals surface area contributed by atoms with Gasteiger partial charge in [0.25, 0.3) is 11.8 Å². The van der Waals surface area contributed by atoms with E-state index in [4.69, 9.17) is 0 Å². The van der Waals surface area contributed by atoms with Crippen LogP contribution in [-0.4, -0.2) is 28.6 Å². The first-order chi connectivity index (χ1) is 15.2. The first kappa shape index (κ1) is 21.6. The number of aryl methyl sites for hydroxylation is 1. The van der Waals surface area contributed by atoms with Crippen molar-refractivity contribution in [2.24, 2.45) is 0 Å². The van der Waals surface area contributed by atoms with Crippen LogP contribution >= 0.6 is 0 Å². The molecule has 0 bridgehead atoms. The van der Waals surface area contributed by atoms with Gasteiger partial charge in [-0.2, -0.15) is 18.3 Å². The smallest absolute Gasteiger partial charge is 0.355 e. The van der Waals surface area contributed by atoms with Crippen molar-refractivity contribution < 1.29 is 22.8 Å². The van der Waals surface area contributed by atoms with Gasteiger partial charge in [0.05, 0.1) is 28.7 Å². The van der Waals surface area contributed by atoms with E-state index in [1.54, 1.807) is 25.1 Å². The summed E-state index contributed by atoms with van der Waals surface area (Å²) in [6, 6.07) is 9.82. The van der Waals surface area contributed by atoms with Crippen LogP contribution in [0.5, 0.6) is 0 Å². The Balaban J connectivity index is 1.65. The summed E-state index contributed by atoms with van der Waals surface area (Å²) in [5, 5.41) is 9.62. The third kappa shape index (κ3) is 4.23. The Morgan fingerprint density at radius 2 is 1.84 bits per heavy atom. The molecule has 3 aromatic rings. The van der Waals surface area contributed by atoms with Gasteiger partial charge in [-0.3, -0.25) is 9.59 Å². The zero-order valence-electron chi connectivity index (χ0n) is 17.5. The largest absolute Gasteiger partial charge is 0.416 e. The van der Waals surface area contributed by atoms with Gasteiger partial charge in [0.15, 0.2) is 0 Å². The zero-order valence-corrected chi connectivity index (χ0v) is 17.5. The summed E-state index contributed by atoms with van der Waals surface area (Å²) in [4.78, 5) is 24.8. The van der Waals surface area contributed by atoms with Crippen LogP contribution in [0, 0.1) is 6.92 Å². The van der Waals surface area contributed by atoms with Gasteiger partial charge in [-0.1, -0.05) is 6.07 Å². The molecule has 6 nitrogen and oxygen atoms in total. The zero-order chi connectivity index (χ0) is 23.0. The van der Waals surface area contributed by atoms with Crippen molar-refractivity contribution in [2.45, 2.75) is 31.9 Å². The van der Waals surface area contributed by atoms with Crippen molar-refractivity contribution >= 4 is 17.5 Å². The van der Waals surface area contributed by atoms with Gasteiger partial charge in [0, 0.05) is 24.2 Å². The molecule has 1 heterocycles. The normalized spacial score (nSPS) is 13.7. The minimum absolute atomic E-state index is 0.0597. The Morgan fingerprint density at radius 1 is 1.09 bits per heavy atom. The molecule has 9 heteroatoms. The van der Waals surface area contributed by atoms with Crippen molar-refractivity contribution in [1.82, 2.24) is 15.1 Å². The summed E-state index contributed by atoms with van der Waals surface area (Å²) < 4.78 is 40.9. The van der Waals surface area contributed by atoms with E-state index in [2.05, 4.69) is 15.7 Å². The highest BCUT2D eigenvalue weighted by molar-refractivity contribution is 6.06. The number of halogens is 3. The van der Waals surface area contributed by atoms with Gasteiger partial charge in [-0.15, -0.1) is 0 Å². The molecule has 0 saturated heterocycles. The number of nitrogens with one attached hydrogen (secondary N) is 2. The fourth-order valence-electron chi connectivity index (χ4n) is 3.58. The minimum Gasteiger partial charge on any atom is -0.355 e. The quantitative estimate of drug-likeness (QED) is 0.602. The van der Waals surface area contributed by atoms with Crippen LogP contribution in [0.3, 0.4) is 0 Å². The SMILES string of the molecule is CNC(=O)c1ccc(NC(=O)c2cnn(-c3cccc(C(F)(F)F)c3)c2C2CC2)c(C)c1. The minimum atomic E-state index is -4.47. The average molecular weight is 442 g/mol. The highest BCUT2D eigenvalue weighted by atomic mass is 19.4. The number of nitrogens with zero attached hydrogens (tertiary/aromatic N) is 2. The highest BCUT2D eigenvalue weighted by Crippen LogP contribution is 2.43. The summed E-state index contributed by atoms with van der Waals surface area (Å²) in [7, 11) is 1.54. The second-order valence-corrected chi connectivity index (χ2v) is 7.74. The van der Waals surface area contributed by atoms with E-state index in [0.29, 0.717) is 28.1 Å². The number of carbonyl (C=O) groups excluding carboxylic acids is 2. The Labute approximate surface area is 182 Å². The van der Waals surface area contributed by atoms with Crippen LogP contribution in [0.25, 0.3) is 5.69 Å². The molecule has 2 aromatic carbocycles. The maximum Gasteiger partial charge on any atom is 0.416 e. The molecule has 1 aliphatic rings. The van der Waals surface area contributed by atoms with Crippen LogP contribution in [0.15, 0.2) is 48.7 Å². The molecule has 1 fully saturated rings. The summed E-state index contributed by atoms with van der Waals surface area (Å²) in [6.45, 7) is 1.77. The number of alkyl halides is 3. The molecule has 0 unspecified atom stereocenters. The van der Waals surface area contributed by atoms with Crippen molar-refractivity contribution in [3.63, 3.8) is 0 Å². The number of anilines is 1. The molecule has 4 rings (SSSR count). The van der Waals surface area contributed by atoms with E-state index in [-0.39, 0.29) is 17.5 Å². The Hall–Kier alpha value is -3.62. The van der Waals surface area contributed by atoms with E-state index < -0.39 is 17.6 Å². The highest BCUT2D eigenvalue weighted by Gasteiger charge is 2.34. The molecule has 0 atom stereocenters. The van der Waals surface area contributed by atoms with E-state index in [0.717, 1.165) is 25.0 Å². The molecule has 2 N–H and O–H groups in total. The van der Waals surface area contributed by atoms with Gasteiger partial charge in [-0.05, 0) is 61.7 Å². The van der Waals surface area contributed by atoms with Crippen LogP contribution in [-0.2, 0) is 6.18 Å². The van der Waals surface area contributed by atoms with Crippen molar-refractivity contribution in [2.75, 3.05) is 12.4 Å². The summed E-state index contributed by atoms with van der Waals surface area (Å²) in [5.74, 6) is -0.574. The topological polar surface area (TPSA) is 76.0 Å². The standard InChI is InChI=1S/C23H21F3N4O2/c1-13-10-15(21(31)27-2)8-9-19(13)29-22(32)18-12-28-30(20(18)14-6-7-14)17-5-3-4-16(11-17)23(24,25)26/h3-5,8-12,14H,6-7H2,1-2H3,(H,27,31)(H,29,32). The van der Waals surface area contributed by atoms with Crippen LogP contribution < -0.4 is 10.6 Å². The number of hydrogen-bond acceptors (Lipinski definition) is 3. The Kier molecular flexibility index (Phi) is 5.50. The molecule has 0 aliphatic heterocycles. The van der Waals surface area contributed by atoms with Crippen LogP contribution in [0.4, 0.5) is 18.9 Å². The molecule has 1 aliphatic carbocycles. The van der Waals surface area contributed by atoms with E-state index in [1.165, 1.54) is 30.1 Å². The predicted octanol–water partition coefficient (Wildman–Crippen LogP) is 4.69. The molecular formula is C23H21F3N4O2. The lowest BCUT2D eigenvalue weighted by Gasteiger charge is -2.13. The van der Waals surface area contributed by atoms with Gasteiger partial charge >= 0.3 is 6.18 Å². The summed E-state index contributed by atoms with van der Waals surface area (Å²) in [6.07, 6.45) is -1.41. The first-order valence-corrected chi connectivity index (χ1v) is 10.1. The van der Waals surface area contributed by atoms with Gasteiger partial charge in [-0.25, -0.2) is 4.68 Å². The van der Waals surface area contributed by atoms with Crippen molar-refractivity contribution in [3.8, 4) is 5.69 Å². The molecular weight excluding hydrogens is 421 g/mol. The van der Waals surface area contributed by atoms with Crippen LogP contribution in [0.2, 0.25) is 0 Å². The summed E-state index contributed by atoms with van der Waals surface area (Å²) >= 11 is 0. The number of amides is 2. The third-order valence-electron chi connectivity index (χ3n) is 5.40. The third-order valence-corrected chi connectivity index (χ3v) is 5.40. The van der Waals surface area contributed by atoms with Gasteiger partial charge < -0.3 is 10.6 Å². The lowest BCUT2D eigenvalue weighted by Crippen LogP contribution is -2.18. The molecule has 2 amide bonds. The lowest BCUT2D eigenvalue weighted by molar-refractivity contribution is -0.137. The molecule has 1 aromatic heterocycles. The molecule has 166 valence electrons. The molecule has 32 heavy (non-hydrogen) atoms. The first-order valence-electron chi connectivity index (χ1n) is 10.1. The number of aromatic nitrogens is 2. The average Bonchev–Trinajstić information content (AvgIpc) is 3.51. The van der Waals surface area contributed by atoms with E-state index >= 15 is 0 Å². The van der Waals surface area contributed by atoms with E-state index in [1.807, 2.05) is 0 Å². The Morgan fingerprint density at radius 3 is 2.47 bits per heavy atom. The van der Waals surface area contributed by atoms with Crippen LogP contribution in [0.1, 0.15) is 56.3 Å². The second kappa shape index (κ2) is 8.14. The monoisotopic (exact) mass is 442 g/mol. The second-order valence-electron chi connectivity index (χ2n) is 7.74. The molecule has 0 radical (unpaired) electrons. The fraction of sp³-hybridized carbons (Fsp3) is 0.261. The molecule has 1 saturated carbocycles. The molecule has 0 spiro atoms. The Bertz CT molecular complexity index is 1200. The van der Waals surface area contributed by atoms with Gasteiger partial charge in [0.2, 0.25) is 0 Å². The summed E-state index contributed by atoms with van der Waals surface area (Å²) in [5.41, 5.74) is 2.12. The number of hydrogen-bond donors (Lipinski definition) is 2. The maximum atomic E-state index is 13.2. The van der Waals surface area contributed by atoms with Crippen molar-refractivity contribution in [3.05, 3.63) is 76.6 Å². The lowest BCUT2D eigenvalue weighted by atomic mass is 10.1. The maximum absolute atomic E-state index is 13.2. The van der Waals surface area contributed by atoms with Gasteiger partial charge in [0.1, 0.15) is 0 Å². The predicted molar refractivity (Wildman–Crippen MR) is 113 cm³/mol. The number of carbonyl (C=O) groups is 2. The number of rotatable bonds is 5. The number of benzene rings is 2. The van der Waals surface area contributed by atoms with Crippen molar-refractivity contribution in [1.29, 1.82) is 0 Å².